The van der Waals surface area contributed by atoms with Crippen molar-refractivity contribution < 1.29 is 37.9 Å². The van der Waals surface area contributed by atoms with Gasteiger partial charge in [0.05, 0.1) is 6.61 Å². The minimum absolute atomic E-state index is 0.126. The van der Waals surface area contributed by atoms with Gasteiger partial charge in [-0.15, -0.1) is 0 Å². The highest BCUT2D eigenvalue weighted by atomic mass is 31.2. The summed E-state index contributed by atoms with van der Waals surface area (Å²) in [4.78, 5) is 42.7. The van der Waals surface area contributed by atoms with Gasteiger partial charge in [-0.25, -0.2) is 4.57 Å². The first-order valence-electron chi connectivity index (χ1n) is 18.9. The van der Waals surface area contributed by atoms with Gasteiger partial charge in [-0.05, 0) is 83.5 Å². The molecule has 0 unspecified atom stereocenters. The highest BCUT2D eigenvalue weighted by Crippen LogP contribution is 2.35. The molecule has 8 nitrogen and oxygen atoms in total. The number of ether oxygens (including phenoxy) is 2. The number of esters is 2. The average Bonchev–Trinajstić information content (AvgIpc) is 3.08. The molecule has 0 radical (unpaired) electrons. The minimum Gasteiger partial charge on any atom is -0.462 e. The number of hydrogen-bond acceptors (Lipinski definition) is 6. The van der Waals surface area contributed by atoms with E-state index in [9.17, 15) is 14.2 Å². The van der Waals surface area contributed by atoms with Gasteiger partial charge in [-0.2, -0.15) is 0 Å². The first-order valence-corrected chi connectivity index (χ1v) is 20.4. The number of carbonyl (C=O) groups excluding carboxylic acids is 2. The minimum atomic E-state index is -4.77. The molecule has 50 heavy (non-hydrogen) atoms. The molecular formula is C41H67O8P. The van der Waals surface area contributed by atoms with Crippen LogP contribution in [0.4, 0.5) is 0 Å². The average molecular weight is 719 g/mol. The summed E-state index contributed by atoms with van der Waals surface area (Å²) in [6.45, 7) is 3.46. The quantitative estimate of drug-likeness (QED) is 0.0298. The lowest BCUT2D eigenvalue weighted by atomic mass is 10.1. The molecule has 0 amide bonds. The molecule has 0 aromatic rings. The SMILES string of the molecule is CC/C=C\C/C=C\C/C=C\C/C=C\C/C=C\CCCC(=O)O[C@H](COC(=O)CCCCCCC/C=C\C/C=C\CCCCC)COP(=O)(O)O. The second kappa shape index (κ2) is 36.0. The Morgan fingerprint density at radius 1 is 0.540 bits per heavy atom. The Balaban J connectivity index is 4.13. The second-order valence-corrected chi connectivity index (χ2v) is 13.4. The van der Waals surface area contributed by atoms with Crippen LogP contribution in [0.5, 0.6) is 0 Å². The van der Waals surface area contributed by atoms with Crippen LogP contribution in [-0.2, 0) is 28.2 Å². The maximum atomic E-state index is 12.3. The molecule has 284 valence electrons. The Morgan fingerprint density at radius 2 is 0.980 bits per heavy atom. The van der Waals surface area contributed by atoms with E-state index >= 15 is 0 Å². The summed E-state index contributed by atoms with van der Waals surface area (Å²) in [5, 5.41) is 0. The van der Waals surface area contributed by atoms with E-state index in [0.717, 1.165) is 70.6 Å². The van der Waals surface area contributed by atoms with Gasteiger partial charge in [-0.3, -0.25) is 14.1 Å². The van der Waals surface area contributed by atoms with E-state index in [4.69, 9.17) is 19.3 Å². The van der Waals surface area contributed by atoms with Crippen molar-refractivity contribution in [2.24, 2.45) is 0 Å². The van der Waals surface area contributed by atoms with Crippen LogP contribution in [0.15, 0.2) is 85.1 Å². The monoisotopic (exact) mass is 718 g/mol. The predicted molar refractivity (Wildman–Crippen MR) is 207 cm³/mol. The standard InChI is InChI=1S/C41H67O8P/c1-3-5-7-9-11-13-15-17-19-20-22-24-26-28-30-32-34-36-41(43)49-39(38-48-50(44,45)46)37-47-40(42)35-33-31-29-27-25-23-21-18-16-14-12-10-8-6-4-2/h5,7,11-14,17-19,21-22,24,28,30,39H,3-4,6,8-10,15-16,20,23,25-27,29,31-38H2,1-2H3,(H2,44,45,46)/b7-5-,13-11-,14-12-,19-17-,21-18-,24-22-,30-28-/t39-/m1/s1. The van der Waals surface area contributed by atoms with Crippen molar-refractivity contribution >= 4 is 19.8 Å². The Hall–Kier alpha value is -2.77. The van der Waals surface area contributed by atoms with E-state index in [1.54, 1.807) is 0 Å². The zero-order valence-electron chi connectivity index (χ0n) is 31.0. The van der Waals surface area contributed by atoms with Crippen LogP contribution < -0.4 is 0 Å². The number of phosphoric ester groups is 1. The van der Waals surface area contributed by atoms with Crippen molar-refractivity contribution in [1.29, 1.82) is 0 Å². The number of hydrogen-bond donors (Lipinski definition) is 2. The third kappa shape index (κ3) is 38.0. The molecule has 0 rings (SSSR count). The van der Waals surface area contributed by atoms with E-state index in [1.807, 2.05) is 12.2 Å². The molecular weight excluding hydrogens is 651 g/mol. The molecule has 0 saturated heterocycles. The van der Waals surface area contributed by atoms with Gasteiger partial charge in [0.1, 0.15) is 6.61 Å². The molecule has 0 aliphatic rings. The summed E-state index contributed by atoms with van der Waals surface area (Å²) in [6.07, 6.45) is 47.3. The topological polar surface area (TPSA) is 119 Å². The molecule has 0 spiro atoms. The lowest BCUT2D eigenvalue weighted by Crippen LogP contribution is -2.29. The van der Waals surface area contributed by atoms with Crippen molar-refractivity contribution in [3.8, 4) is 0 Å². The predicted octanol–water partition coefficient (Wildman–Crippen LogP) is 11.3. The van der Waals surface area contributed by atoms with Crippen LogP contribution in [0.25, 0.3) is 0 Å². The lowest BCUT2D eigenvalue weighted by molar-refractivity contribution is -0.161. The van der Waals surface area contributed by atoms with Gasteiger partial charge in [0, 0.05) is 12.8 Å². The third-order valence-electron chi connectivity index (χ3n) is 7.40. The summed E-state index contributed by atoms with van der Waals surface area (Å²) >= 11 is 0. The van der Waals surface area contributed by atoms with Crippen molar-refractivity contribution in [3.05, 3.63) is 85.1 Å². The fraction of sp³-hybridized carbons (Fsp3) is 0.610. The van der Waals surface area contributed by atoms with E-state index in [-0.39, 0.29) is 19.4 Å². The van der Waals surface area contributed by atoms with Gasteiger partial charge in [0.15, 0.2) is 6.10 Å². The number of allylic oxidation sites excluding steroid dienone is 14. The van der Waals surface area contributed by atoms with Crippen molar-refractivity contribution in [1.82, 2.24) is 0 Å². The molecule has 0 saturated carbocycles. The summed E-state index contributed by atoms with van der Waals surface area (Å²) in [6, 6.07) is 0. The van der Waals surface area contributed by atoms with E-state index < -0.39 is 32.5 Å². The summed E-state index contributed by atoms with van der Waals surface area (Å²) in [5.41, 5.74) is 0. The number of phosphoric acid groups is 1. The van der Waals surface area contributed by atoms with Crippen LogP contribution in [0.1, 0.15) is 142 Å². The van der Waals surface area contributed by atoms with Crippen LogP contribution in [0.3, 0.4) is 0 Å². The molecule has 0 bridgehead atoms. The van der Waals surface area contributed by atoms with Crippen molar-refractivity contribution in [2.45, 2.75) is 148 Å². The maximum absolute atomic E-state index is 12.3. The highest BCUT2D eigenvalue weighted by Gasteiger charge is 2.22. The van der Waals surface area contributed by atoms with Crippen LogP contribution >= 0.6 is 7.82 Å². The van der Waals surface area contributed by atoms with E-state index in [2.05, 4.69) is 91.3 Å². The zero-order valence-corrected chi connectivity index (χ0v) is 31.9. The number of rotatable bonds is 33. The number of unbranched alkanes of at least 4 members (excludes halogenated alkanes) is 9. The molecule has 2 N–H and O–H groups in total. The van der Waals surface area contributed by atoms with Gasteiger partial charge >= 0.3 is 19.8 Å². The van der Waals surface area contributed by atoms with Crippen LogP contribution in [0, 0.1) is 0 Å². The van der Waals surface area contributed by atoms with Gasteiger partial charge in [-0.1, -0.05) is 131 Å². The summed E-state index contributed by atoms with van der Waals surface area (Å²) < 4.78 is 26.2. The molecule has 9 heteroatoms. The third-order valence-corrected chi connectivity index (χ3v) is 7.88. The first kappa shape index (κ1) is 47.2. The molecule has 0 fully saturated rings. The molecule has 0 aromatic heterocycles. The summed E-state index contributed by atoms with van der Waals surface area (Å²) in [5.74, 6) is -0.979. The first-order chi connectivity index (χ1) is 24.3. The Kier molecular flexibility index (Phi) is 34.0. The Bertz CT molecular complexity index is 1080. The maximum Gasteiger partial charge on any atom is 0.469 e. The lowest BCUT2D eigenvalue weighted by Gasteiger charge is -2.18. The number of carbonyl (C=O) groups is 2. The van der Waals surface area contributed by atoms with Gasteiger partial charge in [0.2, 0.25) is 0 Å². The van der Waals surface area contributed by atoms with Crippen molar-refractivity contribution in [3.63, 3.8) is 0 Å². The zero-order chi connectivity index (χ0) is 36.8. The van der Waals surface area contributed by atoms with Crippen LogP contribution in [0.2, 0.25) is 0 Å². The molecule has 0 heterocycles. The normalized spacial score (nSPS) is 13.4. The molecule has 0 aliphatic heterocycles. The summed E-state index contributed by atoms with van der Waals surface area (Å²) in [7, 11) is -4.77. The fourth-order valence-electron chi connectivity index (χ4n) is 4.61. The largest absolute Gasteiger partial charge is 0.469 e. The molecule has 0 aliphatic carbocycles. The second-order valence-electron chi connectivity index (χ2n) is 12.2. The van der Waals surface area contributed by atoms with E-state index in [0.29, 0.717) is 19.3 Å². The van der Waals surface area contributed by atoms with Crippen LogP contribution in [-0.4, -0.2) is 41.0 Å². The van der Waals surface area contributed by atoms with E-state index in [1.165, 1.54) is 25.7 Å². The van der Waals surface area contributed by atoms with Crippen molar-refractivity contribution in [2.75, 3.05) is 13.2 Å². The smallest absolute Gasteiger partial charge is 0.462 e. The molecule has 0 aromatic carbocycles. The fourth-order valence-corrected chi connectivity index (χ4v) is 4.97. The Morgan fingerprint density at radius 3 is 1.50 bits per heavy atom. The molecule has 1 atom stereocenters. The highest BCUT2D eigenvalue weighted by molar-refractivity contribution is 7.46. The Labute approximate surface area is 303 Å². The van der Waals surface area contributed by atoms with Gasteiger partial charge in [0.25, 0.3) is 0 Å². The van der Waals surface area contributed by atoms with Gasteiger partial charge < -0.3 is 19.3 Å².